The van der Waals surface area contributed by atoms with Crippen molar-refractivity contribution >= 4 is 5.91 Å². The van der Waals surface area contributed by atoms with Crippen LogP contribution in [0.4, 0.5) is 0 Å². The molecule has 1 amide bonds. The van der Waals surface area contributed by atoms with Crippen molar-refractivity contribution in [2.24, 2.45) is 0 Å². The highest BCUT2D eigenvalue weighted by molar-refractivity contribution is 5.75. The monoisotopic (exact) mass is 376 g/mol. The molecule has 0 rings (SSSR count). The Morgan fingerprint density at radius 1 is 0.692 bits per heavy atom. The van der Waals surface area contributed by atoms with Crippen LogP contribution in [-0.4, -0.2) is 103 Å². The van der Waals surface area contributed by atoms with E-state index in [0.29, 0.717) is 52.7 Å². The Morgan fingerprint density at radius 2 is 1.12 bits per heavy atom. The van der Waals surface area contributed by atoms with Crippen LogP contribution in [0.15, 0.2) is 0 Å². The lowest BCUT2D eigenvalue weighted by Crippen LogP contribution is -2.28. The molecule has 0 aromatic carbocycles. The van der Waals surface area contributed by atoms with Gasteiger partial charge in [-0.25, -0.2) is 0 Å². The Bertz CT molecular complexity index is 316. The average molecular weight is 377 g/mol. The summed E-state index contributed by atoms with van der Waals surface area (Å²) in [6, 6.07) is 0. The highest BCUT2D eigenvalue weighted by Gasteiger charge is 2.06. The zero-order valence-electron chi connectivity index (χ0n) is 17.3. The van der Waals surface area contributed by atoms with Gasteiger partial charge in [0.15, 0.2) is 0 Å². The third-order valence-corrected chi connectivity index (χ3v) is 3.68. The predicted molar refractivity (Wildman–Crippen MR) is 104 cm³/mol. The van der Waals surface area contributed by atoms with Gasteiger partial charge in [0.2, 0.25) is 5.91 Å². The smallest absolute Gasteiger partial charge is 0.222 e. The molecule has 0 N–H and O–H groups in total. The molecule has 0 saturated heterocycles. The first kappa shape index (κ1) is 25.3. The van der Waals surface area contributed by atoms with Crippen LogP contribution in [0.3, 0.4) is 0 Å². The summed E-state index contributed by atoms with van der Waals surface area (Å²) in [5.41, 5.74) is 0. The molecule has 0 aromatic heterocycles. The molecule has 0 aliphatic carbocycles. The van der Waals surface area contributed by atoms with Gasteiger partial charge in [-0.2, -0.15) is 0 Å². The lowest BCUT2D eigenvalue weighted by atomic mass is 10.3. The highest BCUT2D eigenvalue weighted by Crippen LogP contribution is 1.96. The number of carbonyl (C=O) groups is 1. The van der Waals surface area contributed by atoms with Gasteiger partial charge in [-0.05, 0) is 39.9 Å². The average Bonchev–Trinajstić information content (AvgIpc) is 2.61. The standard InChI is InChI=1S/C19H40N2O5/c1-5-8-19(22)21(4)10-7-12-24-14-16-26-18-17-25-15-13-23-11-6-9-20(2)3/h5-18H2,1-4H3. The summed E-state index contributed by atoms with van der Waals surface area (Å²) in [6.07, 6.45) is 3.41. The summed E-state index contributed by atoms with van der Waals surface area (Å²) in [5, 5.41) is 0. The fourth-order valence-corrected chi connectivity index (χ4v) is 2.18. The Balaban J connectivity index is 3.14. The van der Waals surface area contributed by atoms with Crippen LogP contribution in [0.25, 0.3) is 0 Å². The van der Waals surface area contributed by atoms with Gasteiger partial charge >= 0.3 is 0 Å². The minimum absolute atomic E-state index is 0.204. The quantitative estimate of drug-likeness (QED) is 0.320. The first-order valence-electron chi connectivity index (χ1n) is 9.77. The van der Waals surface area contributed by atoms with Gasteiger partial charge in [0.25, 0.3) is 0 Å². The van der Waals surface area contributed by atoms with Crippen LogP contribution in [0.5, 0.6) is 0 Å². The third kappa shape index (κ3) is 18.1. The zero-order valence-corrected chi connectivity index (χ0v) is 17.3. The first-order chi connectivity index (χ1) is 12.6. The van der Waals surface area contributed by atoms with E-state index < -0.39 is 0 Å². The molecule has 0 unspecified atom stereocenters. The van der Waals surface area contributed by atoms with Crippen LogP contribution in [-0.2, 0) is 23.7 Å². The number of hydrogen-bond donors (Lipinski definition) is 0. The topological polar surface area (TPSA) is 60.5 Å². The molecule has 0 aromatic rings. The van der Waals surface area contributed by atoms with Crippen LogP contribution in [0.1, 0.15) is 32.6 Å². The Kier molecular flexibility index (Phi) is 18.5. The summed E-state index contributed by atoms with van der Waals surface area (Å²) in [7, 11) is 5.96. The predicted octanol–water partition coefficient (Wildman–Crippen LogP) is 1.65. The molecule has 156 valence electrons. The van der Waals surface area contributed by atoms with Crippen molar-refractivity contribution in [3.8, 4) is 0 Å². The molecule has 26 heavy (non-hydrogen) atoms. The van der Waals surface area contributed by atoms with Crippen LogP contribution in [0, 0.1) is 0 Å². The largest absolute Gasteiger partial charge is 0.379 e. The third-order valence-electron chi connectivity index (χ3n) is 3.68. The molecular weight excluding hydrogens is 336 g/mol. The van der Waals surface area contributed by atoms with Gasteiger partial charge in [0, 0.05) is 33.2 Å². The van der Waals surface area contributed by atoms with Gasteiger partial charge in [0.05, 0.1) is 39.6 Å². The van der Waals surface area contributed by atoms with Crippen molar-refractivity contribution in [1.82, 2.24) is 9.80 Å². The maximum absolute atomic E-state index is 11.6. The Labute approximate surface area is 159 Å². The number of ether oxygens (including phenoxy) is 4. The van der Waals surface area contributed by atoms with E-state index in [1.807, 2.05) is 14.0 Å². The van der Waals surface area contributed by atoms with Crippen molar-refractivity contribution < 1.29 is 23.7 Å². The van der Waals surface area contributed by atoms with E-state index in [-0.39, 0.29) is 5.91 Å². The van der Waals surface area contributed by atoms with E-state index in [1.165, 1.54) is 0 Å². The van der Waals surface area contributed by atoms with Crippen molar-refractivity contribution in [1.29, 1.82) is 0 Å². The second-order valence-electron chi connectivity index (χ2n) is 6.53. The minimum atomic E-state index is 0.204. The molecule has 0 fully saturated rings. The van der Waals surface area contributed by atoms with Crippen molar-refractivity contribution in [3.05, 3.63) is 0 Å². The van der Waals surface area contributed by atoms with Gasteiger partial charge in [0.1, 0.15) is 0 Å². The molecule has 0 saturated carbocycles. The van der Waals surface area contributed by atoms with E-state index in [4.69, 9.17) is 18.9 Å². The molecule has 0 spiro atoms. The van der Waals surface area contributed by atoms with Crippen LogP contribution < -0.4 is 0 Å². The Morgan fingerprint density at radius 3 is 1.54 bits per heavy atom. The fraction of sp³-hybridized carbons (Fsp3) is 0.947. The number of nitrogens with zero attached hydrogens (tertiary/aromatic N) is 2. The summed E-state index contributed by atoms with van der Waals surface area (Å²) in [5.74, 6) is 0.204. The number of carbonyl (C=O) groups excluding carboxylic acids is 1. The summed E-state index contributed by atoms with van der Waals surface area (Å²) in [4.78, 5) is 15.5. The highest BCUT2D eigenvalue weighted by atomic mass is 16.6. The minimum Gasteiger partial charge on any atom is -0.379 e. The van der Waals surface area contributed by atoms with Gasteiger partial charge < -0.3 is 28.7 Å². The molecule has 7 nitrogen and oxygen atoms in total. The number of hydrogen-bond acceptors (Lipinski definition) is 6. The van der Waals surface area contributed by atoms with Crippen molar-refractivity contribution in [2.45, 2.75) is 32.6 Å². The van der Waals surface area contributed by atoms with E-state index in [9.17, 15) is 4.79 Å². The zero-order chi connectivity index (χ0) is 19.5. The van der Waals surface area contributed by atoms with E-state index in [0.717, 1.165) is 39.0 Å². The maximum atomic E-state index is 11.6. The van der Waals surface area contributed by atoms with Gasteiger partial charge in [-0.1, -0.05) is 6.92 Å². The van der Waals surface area contributed by atoms with E-state index >= 15 is 0 Å². The first-order valence-corrected chi connectivity index (χ1v) is 9.77. The van der Waals surface area contributed by atoms with Gasteiger partial charge in [-0.15, -0.1) is 0 Å². The summed E-state index contributed by atoms with van der Waals surface area (Å²) >= 11 is 0. The summed E-state index contributed by atoms with van der Waals surface area (Å²) in [6.45, 7) is 8.74. The summed E-state index contributed by atoms with van der Waals surface area (Å²) < 4.78 is 21.8. The molecule has 0 radical (unpaired) electrons. The van der Waals surface area contributed by atoms with Crippen molar-refractivity contribution in [3.63, 3.8) is 0 Å². The van der Waals surface area contributed by atoms with E-state index in [1.54, 1.807) is 4.90 Å². The molecule has 0 bridgehead atoms. The lowest BCUT2D eigenvalue weighted by Gasteiger charge is -2.16. The number of rotatable bonds is 19. The SMILES string of the molecule is CCCC(=O)N(C)CCCOCCOCCOCCOCCCN(C)C. The molecule has 0 heterocycles. The van der Waals surface area contributed by atoms with Crippen LogP contribution in [0.2, 0.25) is 0 Å². The molecule has 0 atom stereocenters. The van der Waals surface area contributed by atoms with Crippen LogP contribution >= 0.6 is 0 Å². The van der Waals surface area contributed by atoms with Crippen molar-refractivity contribution in [2.75, 3.05) is 87.1 Å². The molecule has 7 heteroatoms. The second-order valence-corrected chi connectivity index (χ2v) is 6.53. The lowest BCUT2D eigenvalue weighted by molar-refractivity contribution is -0.130. The second kappa shape index (κ2) is 19.0. The van der Waals surface area contributed by atoms with E-state index in [2.05, 4.69) is 19.0 Å². The molecule has 0 aliphatic rings. The fourth-order valence-electron chi connectivity index (χ4n) is 2.18. The normalized spacial score (nSPS) is 11.3. The molecule has 0 aliphatic heterocycles. The van der Waals surface area contributed by atoms with Gasteiger partial charge in [-0.3, -0.25) is 4.79 Å². The maximum Gasteiger partial charge on any atom is 0.222 e. The number of amides is 1. The molecular formula is C19H40N2O5. The Hall–Kier alpha value is -0.730.